The highest BCUT2D eigenvalue weighted by atomic mass is 31.2. The van der Waals surface area contributed by atoms with E-state index in [1.807, 2.05) is 0 Å². The summed E-state index contributed by atoms with van der Waals surface area (Å²) in [4.78, 5) is 22.6. The van der Waals surface area contributed by atoms with Crippen LogP contribution in [0.4, 0.5) is 4.79 Å². The van der Waals surface area contributed by atoms with E-state index in [9.17, 15) is 14.3 Å². The molecule has 0 rings (SSSR count). The molecule has 0 aliphatic carbocycles. The normalized spacial score (nSPS) is 13.5. The molecule has 0 aromatic rings. The third-order valence-electron chi connectivity index (χ3n) is 3.09. The van der Waals surface area contributed by atoms with Crippen molar-refractivity contribution >= 4 is 13.9 Å². The summed E-state index contributed by atoms with van der Waals surface area (Å²) < 4.78 is 45.5. The van der Waals surface area contributed by atoms with Crippen LogP contribution in [0.2, 0.25) is 0 Å². The Morgan fingerprint density at radius 3 is 2.24 bits per heavy atom. The van der Waals surface area contributed by atoms with Crippen LogP contribution in [0, 0.1) is 0 Å². The number of rotatable bonds is 18. The molecule has 1 N–H and O–H groups in total. The Hall–Kier alpha value is -0.780. The van der Waals surface area contributed by atoms with Gasteiger partial charge >= 0.3 is 6.09 Å². The summed E-state index contributed by atoms with van der Waals surface area (Å²) >= 11 is 0. The zero-order chi connectivity index (χ0) is 20.4. The Bertz CT molecular complexity index is 414. The van der Waals surface area contributed by atoms with Gasteiger partial charge in [-0.3, -0.25) is 4.57 Å². The predicted molar refractivity (Wildman–Crippen MR) is 107 cm³/mol. The van der Waals surface area contributed by atoms with Gasteiger partial charge in [-0.1, -0.05) is 14.9 Å². The Morgan fingerprint density at radius 2 is 1.62 bits per heavy atom. The number of carbonyl (C=O) groups excluding carboxylic acids is 1. The van der Waals surface area contributed by atoms with Gasteiger partial charge in [0.15, 0.2) is 0 Å². The van der Waals surface area contributed by atoms with Crippen molar-refractivity contribution in [2.24, 2.45) is 0 Å². The molecule has 12 heteroatoms. The molecule has 0 aromatic heterocycles. The van der Waals surface area contributed by atoms with E-state index in [1.165, 1.54) is 0 Å². The highest BCUT2D eigenvalue weighted by Crippen LogP contribution is 2.36. The van der Waals surface area contributed by atoms with Gasteiger partial charge < -0.3 is 42.9 Å². The van der Waals surface area contributed by atoms with E-state index in [0.717, 1.165) is 7.11 Å². The van der Waals surface area contributed by atoms with Gasteiger partial charge in [-0.15, -0.1) is 0 Å². The van der Waals surface area contributed by atoms with E-state index < -0.39 is 20.0 Å². The van der Waals surface area contributed by atoms with Crippen molar-refractivity contribution in [1.82, 2.24) is 5.32 Å². The number of ether oxygens (including phenoxy) is 5. The topological polar surface area (TPSA) is 134 Å². The van der Waals surface area contributed by atoms with Crippen LogP contribution in [0.15, 0.2) is 0 Å². The average molecular weight is 448 g/mol. The minimum absolute atomic E-state index is 0. The fourth-order valence-corrected chi connectivity index (χ4v) is 2.12. The van der Waals surface area contributed by atoms with Gasteiger partial charge in [0.25, 0.3) is 7.82 Å². The van der Waals surface area contributed by atoms with Gasteiger partial charge in [-0.05, 0) is 12.8 Å². The Labute approximate surface area is 174 Å². The second-order valence-electron chi connectivity index (χ2n) is 5.25. The summed E-state index contributed by atoms with van der Waals surface area (Å²) in [5, 5.41) is 2.56. The van der Waals surface area contributed by atoms with E-state index in [-0.39, 0.29) is 34.7 Å². The Kier molecular flexibility index (Phi) is 24.8. The number of phosphoric ester groups is 1. The second kappa shape index (κ2) is 21.9. The monoisotopic (exact) mass is 448 g/mol. The first kappa shape index (κ1) is 32.9. The largest absolute Gasteiger partial charge is 0.756 e. The molecule has 0 heterocycles. The maximum atomic E-state index is 11.7. The van der Waals surface area contributed by atoms with E-state index >= 15 is 0 Å². The number of hydrogen-bond donors (Lipinski definition) is 1. The van der Waals surface area contributed by atoms with E-state index in [2.05, 4.69) is 14.4 Å². The van der Waals surface area contributed by atoms with Gasteiger partial charge in [0.1, 0.15) is 12.7 Å². The lowest BCUT2D eigenvalue weighted by molar-refractivity contribution is -0.223. The number of unbranched alkanes of at least 4 members (excludes halogenated alkanes) is 1. The summed E-state index contributed by atoms with van der Waals surface area (Å²) in [5.41, 5.74) is 0. The van der Waals surface area contributed by atoms with E-state index in [4.69, 9.17) is 23.7 Å². The molecule has 0 saturated heterocycles. The van der Waals surface area contributed by atoms with Crippen molar-refractivity contribution in [3.8, 4) is 0 Å². The molecular weight excluding hydrogens is 409 g/mol. The van der Waals surface area contributed by atoms with Crippen LogP contribution >= 0.6 is 7.82 Å². The van der Waals surface area contributed by atoms with Crippen LogP contribution in [-0.4, -0.2) is 86.3 Å². The van der Waals surface area contributed by atoms with Crippen molar-refractivity contribution in [3.63, 3.8) is 0 Å². The molecule has 0 radical (unpaired) electrons. The lowest BCUT2D eigenvalue weighted by Crippen LogP contribution is -2.33. The number of phosphoric acid groups is 1. The lowest BCUT2D eigenvalue weighted by atomic mass is 10.3. The standard InChI is InChI=1S/C15H32NO10P.2CH4/c1-20-8-10-23-12-14(24-11-9-21-2)13-25-15(17)16-6-4-5-7-26-27(18,19)22-3;;/h14H,4-13H2,1-3H3,(H,16,17)(H,18,19);2*1H4/p-1. The minimum Gasteiger partial charge on any atom is -0.756 e. The summed E-state index contributed by atoms with van der Waals surface area (Å²) in [6.45, 7) is 2.23. The zero-order valence-corrected chi connectivity index (χ0v) is 17.1. The van der Waals surface area contributed by atoms with Gasteiger partial charge in [0.05, 0.1) is 39.6 Å². The van der Waals surface area contributed by atoms with Gasteiger partial charge in [-0.2, -0.15) is 0 Å². The molecule has 0 spiro atoms. The SMILES string of the molecule is C.C.COCCOCC(COC(=O)NCCCCOP(=O)([O-])OC)OCCOC. The number of alkyl carbamates (subject to hydrolysis) is 1. The van der Waals surface area contributed by atoms with Crippen LogP contribution in [0.1, 0.15) is 27.7 Å². The fourth-order valence-electron chi connectivity index (χ4n) is 1.67. The summed E-state index contributed by atoms with van der Waals surface area (Å²) in [6, 6.07) is 0. The average Bonchev–Trinajstić information content (AvgIpc) is 2.65. The Balaban J connectivity index is -0.00000338. The van der Waals surface area contributed by atoms with E-state index in [1.54, 1.807) is 14.2 Å². The van der Waals surface area contributed by atoms with Crippen molar-refractivity contribution in [2.75, 3.05) is 74.1 Å². The molecular formula is C17H39NO10P-. The number of amides is 1. The molecule has 2 atom stereocenters. The van der Waals surface area contributed by atoms with Crippen molar-refractivity contribution in [1.29, 1.82) is 0 Å². The molecule has 2 unspecified atom stereocenters. The van der Waals surface area contributed by atoms with Crippen molar-refractivity contribution in [2.45, 2.75) is 33.8 Å². The number of hydrogen-bond acceptors (Lipinski definition) is 10. The first-order valence-electron chi connectivity index (χ1n) is 8.54. The highest BCUT2D eigenvalue weighted by Gasteiger charge is 2.13. The Morgan fingerprint density at radius 1 is 0.966 bits per heavy atom. The van der Waals surface area contributed by atoms with E-state index in [0.29, 0.717) is 45.8 Å². The first-order chi connectivity index (χ1) is 12.9. The van der Waals surface area contributed by atoms with Crippen molar-refractivity contribution in [3.05, 3.63) is 0 Å². The predicted octanol–water partition coefficient (Wildman–Crippen LogP) is 1.59. The molecule has 178 valence electrons. The molecule has 29 heavy (non-hydrogen) atoms. The maximum absolute atomic E-state index is 11.7. The summed E-state index contributed by atoms with van der Waals surface area (Å²) in [5.74, 6) is 0. The molecule has 0 saturated carbocycles. The number of carbonyl (C=O) groups is 1. The number of methoxy groups -OCH3 is 2. The minimum atomic E-state index is -4.19. The number of nitrogens with one attached hydrogen (secondary N) is 1. The van der Waals surface area contributed by atoms with Gasteiger partial charge in [0.2, 0.25) is 0 Å². The first-order valence-corrected chi connectivity index (χ1v) is 10.0. The molecule has 0 aromatic carbocycles. The molecule has 0 fully saturated rings. The van der Waals surface area contributed by atoms with Crippen LogP contribution < -0.4 is 10.2 Å². The molecule has 11 nitrogen and oxygen atoms in total. The van der Waals surface area contributed by atoms with Gasteiger partial charge in [0, 0.05) is 27.9 Å². The lowest BCUT2D eigenvalue weighted by Gasteiger charge is -2.20. The fraction of sp³-hybridized carbons (Fsp3) is 0.941. The van der Waals surface area contributed by atoms with Crippen LogP contribution in [0.5, 0.6) is 0 Å². The van der Waals surface area contributed by atoms with Gasteiger partial charge in [-0.25, -0.2) is 4.79 Å². The van der Waals surface area contributed by atoms with Crippen LogP contribution in [0.25, 0.3) is 0 Å². The molecule has 0 bridgehead atoms. The molecule has 1 amide bonds. The molecule has 0 aliphatic heterocycles. The third kappa shape index (κ3) is 21.7. The maximum Gasteiger partial charge on any atom is 0.407 e. The third-order valence-corrected chi connectivity index (χ3v) is 4.04. The molecule has 0 aliphatic rings. The smallest absolute Gasteiger partial charge is 0.407 e. The quantitative estimate of drug-likeness (QED) is 0.243. The summed E-state index contributed by atoms with van der Waals surface area (Å²) in [6.07, 6.45) is -0.0606. The summed E-state index contributed by atoms with van der Waals surface area (Å²) in [7, 11) is -0.0265. The van der Waals surface area contributed by atoms with Crippen LogP contribution in [0.3, 0.4) is 0 Å². The van der Waals surface area contributed by atoms with Crippen LogP contribution in [-0.2, 0) is 37.3 Å². The second-order valence-corrected chi connectivity index (χ2v) is 6.77. The van der Waals surface area contributed by atoms with Crippen molar-refractivity contribution < 1.29 is 47.0 Å². The zero-order valence-electron chi connectivity index (χ0n) is 16.2. The highest BCUT2D eigenvalue weighted by molar-refractivity contribution is 7.45.